The molecule has 0 bridgehead atoms. The number of halogens is 1. The minimum absolute atomic E-state index is 0.171. The van der Waals surface area contributed by atoms with Crippen LogP contribution in [0.15, 0.2) is 18.2 Å². The van der Waals surface area contributed by atoms with Crippen LogP contribution in [-0.4, -0.2) is 25.0 Å². The van der Waals surface area contributed by atoms with Gasteiger partial charge in [-0.2, -0.15) is 0 Å². The first kappa shape index (κ1) is 9.86. The summed E-state index contributed by atoms with van der Waals surface area (Å²) in [6.45, 7) is 0. The standard InChI is InChI=1S/C9H10ClN2O/c1-12(2)9(13)11-8-5-3-7(10)4-6-8/h3,5-6H,1-2H3,(H,11,13). The molecule has 13 heavy (non-hydrogen) atoms. The third-order valence-electron chi connectivity index (χ3n) is 1.43. The van der Waals surface area contributed by atoms with Crippen molar-refractivity contribution >= 4 is 23.3 Å². The number of carbonyl (C=O) groups excluding carboxylic acids is 1. The topological polar surface area (TPSA) is 32.3 Å². The summed E-state index contributed by atoms with van der Waals surface area (Å²) in [6.07, 6.45) is 0. The summed E-state index contributed by atoms with van der Waals surface area (Å²) < 4.78 is 0. The highest BCUT2D eigenvalue weighted by Gasteiger charge is 2.02. The molecule has 0 heterocycles. The normalized spacial score (nSPS) is 9.46. The van der Waals surface area contributed by atoms with Gasteiger partial charge in [-0.15, -0.1) is 0 Å². The van der Waals surface area contributed by atoms with Crippen molar-refractivity contribution in [1.29, 1.82) is 0 Å². The predicted molar refractivity (Wildman–Crippen MR) is 53.0 cm³/mol. The summed E-state index contributed by atoms with van der Waals surface area (Å²) in [5.74, 6) is 0. The molecular formula is C9H10ClN2O. The smallest absolute Gasteiger partial charge is 0.321 e. The van der Waals surface area contributed by atoms with Crippen molar-refractivity contribution in [1.82, 2.24) is 4.90 Å². The van der Waals surface area contributed by atoms with Gasteiger partial charge in [-0.25, -0.2) is 4.79 Å². The van der Waals surface area contributed by atoms with Crippen LogP contribution >= 0.6 is 11.6 Å². The molecule has 0 aromatic heterocycles. The molecule has 0 aliphatic heterocycles. The second kappa shape index (κ2) is 4.14. The number of urea groups is 1. The zero-order chi connectivity index (χ0) is 9.84. The molecule has 0 aliphatic rings. The Morgan fingerprint density at radius 3 is 2.69 bits per heavy atom. The third-order valence-corrected chi connectivity index (χ3v) is 1.67. The highest BCUT2D eigenvalue weighted by Crippen LogP contribution is 2.12. The van der Waals surface area contributed by atoms with Gasteiger partial charge < -0.3 is 10.2 Å². The molecule has 1 aromatic rings. The van der Waals surface area contributed by atoms with Gasteiger partial charge in [0.15, 0.2) is 0 Å². The lowest BCUT2D eigenvalue weighted by Gasteiger charge is -2.11. The lowest BCUT2D eigenvalue weighted by molar-refractivity contribution is 0.230. The molecule has 0 saturated heterocycles. The predicted octanol–water partition coefficient (Wildman–Crippen LogP) is 2.23. The molecule has 1 aromatic carbocycles. The monoisotopic (exact) mass is 197 g/mol. The van der Waals surface area contributed by atoms with E-state index in [0.717, 1.165) is 0 Å². The van der Waals surface area contributed by atoms with Gasteiger partial charge >= 0.3 is 6.03 Å². The van der Waals surface area contributed by atoms with Crippen molar-refractivity contribution in [3.05, 3.63) is 29.3 Å². The van der Waals surface area contributed by atoms with Gasteiger partial charge in [0.25, 0.3) is 0 Å². The maximum absolute atomic E-state index is 11.2. The summed E-state index contributed by atoms with van der Waals surface area (Å²) in [7, 11) is 3.35. The van der Waals surface area contributed by atoms with E-state index in [9.17, 15) is 4.79 Å². The molecule has 1 rings (SSSR count). The number of nitrogens with zero attached hydrogens (tertiary/aromatic N) is 1. The van der Waals surface area contributed by atoms with Crippen molar-refractivity contribution in [3.8, 4) is 0 Å². The van der Waals surface area contributed by atoms with Gasteiger partial charge in [0.2, 0.25) is 0 Å². The number of rotatable bonds is 1. The van der Waals surface area contributed by atoms with Crippen LogP contribution in [0.3, 0.4) is 0 Å². The minimum atomic E-state index is -0.171. The quantitative estimate of drug-likeness (QED) is 0.736. The molecule has 0 saturated carbocycles. The van der Waals surface area contributed by atoms with Gasteiger partial charge in [0.1, 0.15) is 0 Å². The number of nitrogens with one attached hydrogen (secondary N) is 1. The van der Waals surface area contributed by atoms with E-state index in [-0.39, 0.29) is 6.03 Å². The molecule has 0 spiro atoms. The molecule has 0 fully saturated rings. The van der Waals surface area contributed by atoms with Gasteiger partial charge in [0.05, 0.1) is 0 Å². The summed E-state index contributed by atoms with van der Waals surface area (Å²) in [4.78, 5) is 12.6. The highest BCUT2D eigenvalue weighted by atomic mass is 35.5. The second-order valence-corrected chi connectivity index (χ2v) is 3.16. The Bertz CT molecular complexity index is 295. The average molecular weight is 198 g/mol. The third kappa shape index (κ3) is 2.95. The summed E-state index contributed by atoms with van der Waals surface area (Å²) >= 11 is 5.63. The minimum Gasteiger partial charge on any atom is -0.331 e. The Labute approximate surface area is 82.3 Å². The van der Waals surface area contributed by atoms with Crippen LogP contribution in [0.2, 0.25) is 5.02 Å². The number of carbonyl (C=O) groups is 1. The molecular weight excluding hydrogens is 188 g/mol. The average Bonchev–Trinajstić information content (AvgIpc) is 2.08. The summed E-state index contributed by atoms with van der Waals surface area (Å²) in [6, 6.07) is 7.63. The fourth-order valence-electron chi connectivity index (χ4n) is 0.719. The van der Waals surface area contributed by atoms with E-state index in [1.54, 1.807) is 32.3 Å². The number of hydrogen-bond donors (Lipinski definition) is 1. The fourth-order valence-corrected chi connectivity index (χ4v) is 0.836. The van der Waals surface area contributed by atoms with E-state index in [1.165, 1.54) is 4.90 Å². The zero-order valence-corrected chi connectivity index (χ0v) is 8.22. The van der Waals surface area contributed by atoms with Crippen molar-refractivity contribution in [3.63, 3.8) is 0 Å². The number of benzene rings is 1. The SMILES string of the molecule is CN(C)C(=O)Nc1c[c]c(Cl)cc1. The van der Waals surface area contributed by atoms with Crippen LogP contribution in [-0.2, 0) is 0 Å². The summed E-state index contributed by atoms with van der Waals surface area (Å²) in [5, 5.41) is 3.20. The Morgan fingerprint density at radius 2 is 2.23 bits per heavy atom. The second-order valence-electron chi connectivity index (χ2n) is 2.75. The molecule has 0 aliphatic carbocycles. The molecule has 0 unspecified atom stereocenters. The lowest BCUT2D eigenvalue weighted by Crippen LogP contribution is -2.27. The number of anilines is 1. The highest BCUT2D eigenvalue weighted by molar-refractivity contribution is 6.30. The Kier molecular flexibility index (Phi) is 3.14. The Hall–Kier alpha value is -1.22. The Balaban J connectivity index is 2.65. The largest absolute Gasteiger partial charge is 0.331 e. The van der Waals surface area contributed by atoms with Crippen LogP contribution < -0.4 is 5.32 Å². The van der Waals surface area contributed by atoms with E-state index in [4.69, 9.17) is 11.6 Å². The van der Waals surface area contributed by atoms with E-state index in [1.807, 2.05) is 0 Å². The van der Waals surface area contributed by atoms with Crippen molar-refractivity contribution in [2.75, 3.05) is 19.4 Å². The zero-order valence-electron chi connectivity index (χ0n) is 7.47. The van der Waals surface area contributed by atoms with Crippen LogP contribution in [0.5, 0.6) is 0 Å². The molecule has 3 nitrogen and oxygen atoms in total. The fraction of sp³-hybridized carbons (Fsp3) is 0.222. The Morgan fingerprint density at radius 1 is 1.54 bits per heavy atom. The lowest BCUT2D eigenvalue weighted by atomic mass is 10.3. The molecule has 2 amide bonds. The van der Waals surface area contributed by atoms with Crippen molar-refractivity contribution < 1.29 is 4.79 Å². The molecule has 1 radical (unpaired) electrons. The first-order valence-corrected chi connectivity index (χ1v) is 4.13. The summed E-state index contributed by atoms with van der Waals surface area (Å²) in [5.41, 5.74) is 0.683. The van der Waals surface area contributed by atoms with E-state index < -0.39 is 0 Å². The molecule has 0 atom stereocenters. The number of amides is 2. The van der Waals surface area contributed by atoms with Crippen LogP contribution in [0, 0.1) is 6.07 Å². The van der Waals surface area contributed by atoms with Crippen molar-refractivity contribution in [2.45, 2.75) is 0 Å². The van der Waals surface area contributed by atoms with Gasteiger partial charge in [-0.05, 0) is 18.2 Å². The van der Waals surface area contributed by atoms with Crippen LogP contribution in [0.25, 0.3) is 0 Å². The van der Waals surface area contributed by atoms with E-state index in [2.05, 4.69) is 11.4 Å². The first-order valence-electron chi connectivity index (χ1n) is 3.75. The van der Waals surface area contributed by atoms with Crippen molar-refractivity contribution in [2.24, 2.45) is 0 Å². The molecule has 1 N–H and O–H groups in total. The maximum Gasteiger partial charge on any atom is 0.321 e. The maximum atomic E-state index is 11.2. The van der Waals surface area contributed by atoms with E-state index in [0.29, 0.717) is 10.7 Å². The number of hydrogen-bond acceptors (Lipinski definition) is 1. The van der Waals surface area contributed by atoms with E-state index >= 15 is 0 Å². The van der Waals surface area contributed by atoms with Crippen LogP contribution in [0.1, 0.15) is 0 Å². The first-order chi connectivity index (χ1) is 6.09. The van der Waals surface area contributed by atoms with Gasteiger partial charge in [-0.1, -0.05) is 11.6 Å². The van der Waals surface area contributed by atoms with Gasteiger partial charge in [-0.3, -0.25) is 0 Å². The molecule has 69 valence electrons. The van der Waals surface area contributed by atoms with Gasteiger partial charge in [0, 0.05) is 30.9 Å². The molecule has 4 heteroatoms. The van der Waals surface area contributed by atoms with Crippen LogP contribution in [0.4, 0.5) is 10.5 Å².